The molecule has 0 saturated heterocycles. The van der Waals surface area contributed by atoms with Gasteiger partial charge >= 0.3 is 6.03 Å². The van der Waals surface area contributed by atoms with Crippen LogP contribution in [0.2, 0.25) is 0 Å². The standard InChI is InChI=1S/C9H11N2O/c1-2-10-9(12)11-8-6-4-3-5-7-8/h3-7H,2H2,1H3,(H,11,12). The van der Waals surface area contributed by atoms with Crippen molar-refractivity contribution in [3.8, 4) is 0 Å². The number of anilines is 1. The Morgan fingerprint density at radius 3 is 2.67 bits per heavy atom. The van der Waals surface area contributed by atoms with Gasteiger partial charge in [0.25, 0.3) is 0 Å². The molecule has 12 heavy (non-hydrogen) atoms. The van der Waals surface area contributed by atoms with Crippen LogP contribution in [-0.2, 0) is 0 Å². The molecule has 2 amide bonds. The number of rotatable bonds is 2. The summed E-state index contributed by atoms with van der Waals surface area (Å²) in [5.74, 6) is 0. The summed E-state index contributed by atoms with van der Waals surface area (Å²) in [5.41, 5.74) is 0.778. The van der Waals surface area contributed by atoms with E-state index < -0.39 is 0 Å². The van der Waals surface area contributed by atoms with Crippen molar-refractivity contribution >= 4 is 11.7 Å². The molecule has 1 rings (SSSR count). The first-order chi connectivity index (χ1) is 5.83. The summed E-state index contributed by atoms with van der Waals surface area (Å²) in [5, 5.41) is 6.31. The van der Waals surface area contributed by atoms with Crippen molar-refractivity contribution in [2.24, 2.45) is 0 Å². The molecule has 0 fully saturated rings. The summed E-state index contributed by atoms with van der Waals surface area (Å²) < 4.78 is 0. The molecule has 0 unspecified atom stereocenters. The molecule has 0 aliphatic carbocycles. The Bertz CT molecular complexity index is 246. The molecule has 0 atom stereocenters. The van der Waals surface area contributed by atoms with Gasteiger partial charge in [-0.1, -0.05) is 18.2 Å². The number of hydrogen-bond donors (Lipinski definition) is 1. The van der Waals surface area contributed by atoms with E-state index in [2.05, 4.69) is 10.6 Å². The van der Waals surface area contributed by atoms with Crippen molar-refractivity contribution in [2.75, 3.05) is 11.9 Å². The first-order valence-corrected chi connectivity index (χ1v) is 3.86. The van der Waals surface area contributed by atoms with E-state index in [0.717, 1.165) is 5.69 Å². The minimum absolute atomic E-state index is 0.288. The van der Waals surface area contributed by atoms with Crippen LogP contribution >= 0.6 is 0 Å². The molecule has 0 heterocycles. The fraction of sp³-hybridized carbons (Fsp3) is 0.222. The van der Waals surface area contributed by atoms with Gasteiger partial charge in [0.2, 0.25) is 0 Å². The highest BCUT2D eigenvalue weighted by molar-refractivity contribution is 5.88. The highest BCUT2D eigenvalue weighted by Gasteiger charge is 1.98. The summed E-state index contributed by atoms with van der Waals surface area (Å²) in [7, 11) is 0. The summed E-state index contributed by atoms with van der Waals surface area (Å²) in [6, 6.07) is 8.98. The molecular weight excluding hydrogens is 152 g/mol. The normalized spacial score (nSPS) is 9.08. The van der Waals surface area contributed by atoms with Crippen molar-refractivity contribution in [1.82, 2.24) is 5.32 Å². The van der Waals surface area contributed by atoms with Crippen LogP contribution in [0, 0.1) is 0 Å². The van der Waals surface area contributed by atoms with Crippen molar-refractivity contribution in [3.63, 3.8) is 0 Å². The molecule has 3 heteroatoms. The van der Waals surface area contributed by atoms with Gasteiger partial charge in [0.05, 0.1) is 0 Å². The maximum absolute atomic E-state index is 10.9. The fourth-order valence-corrected chi connectivity index (χ4v) is 0.828. The molecule has 0 aliphatic heterocycles. The van der Waals surface area contributed by atoms with Gasteiger partial charge in [-0.05, 0) is 19.1 Å². The average Bonchev–Trinajstić information content (AvgIpc) is 2.06. The lowest BCUT2D eigenvalue weighted by Gasteiger charge is -2.02. The van der Waals surface area contributed by atoms with E-state index in [0.29, 0.717) is 6.54 Å². The maximum atomic E-state index is 10.9. The molecule has 1 N–H and O–H groups in total. The fourth-order valence-electron chi connectivity index (χ4n) is 0.828. The molecule has 0 saturated carbocycles. The summed E-state index contributed by atoms with van der Waals surface area (Å²) >= 11 is 0. The van der Waals surface area contributed by atoms with Crippen LogP contribution in [-0.4, -0.2) is 12.6 Å². The molecule has 1 aromatic carbocycles. The van der Waals surface area contributed by atoms with Crippen LogP contribution in [0.15, 0.2) is 30.3 Å². The van der Waals surface area contributed by atoms with Crippen molar-refractivity contribution < 1.29 is 4.79 Å². The van der Waals surface area contributed by atoms with E-state index in [1.54, 1.807) is 0 Å². The number of carbonyl (C=O) groups excluding carboxylic acids is 1. The average molecular weight is 163 g/mol. The number of hydrogen-bond acceptors (Lipinski definition) is 1. The molecule has 63 valence electrons. The minimum atomic E-state index is -0.288. The second-order valence-electron chi connectivity index (χ2n) is 2.27. The third-order valence-corrected chi connectivity index (χ3v) is 1.33. The molecule has 0 aliphatic rings. The summed E-state index contributed by atoms with van der Waals surface area (Å²) in [6.45, 7) is 2.34. The number of amides is 2. The van der Waals surface area contributed by atoms with Gasteiger partial charge in [0.15, 0.2) is 0 Å². The predicted molar refractivity (Wildman–Crippen MR) is 48.1 cm³/mol. The lowest BCUT2D eigenvalue weighted by molar-refractivity contribution is 0.252. The Morgan fingerprint density at radius 2 is 2.08 bits per heavy atom. The smallest absolute Gasteiger partial charge is 0.306 e. The number of urea groups is 1. The zero-order valence-corrected chi connectivity index (χ0v) is 6.95. The van der Waals surface area contributed by atoms with Crippen LogP contribution in [0.1, 0.15) is 6.92 Å². The molecule has 1 radical (unpaired) electrons. The quantitative estimate of drug-likeness (QED) is 0.710. The van der Waals surface area contributed by atoms with E-state index in [-0.39, 0.29) is 6.03 Å². The lowest BCUT2D eigenvalue weighted by atomic mass is 10.3. The third kappa shape index (κ3) is 2.62. The van der Waals surface area contributed by atoms with Gasteiger partial charge in [-0.25, -0.2) is 10.1 Å². The second kappa shape index (κ2) is 4.38. The Balaban J connectivity index is 2.47. The lowest BCUT2D eigenvalue weighted by Crippen LogP contribution is -2.21. The monoisotopic (exact) mass is 163 g/mol. The third-order valence-electron chi connectivity index (χ3n) is 1.33. The number of benzene rings is 1. The molecular formula is C9H11N2O. The van der Waals surface area contributed by atoms with E-state index in [4.69, 9.17) is 0 Å². The Kier molecular flexibility index (Phi) is 3.14. The zero-order valence-electron chi connectivity index (χ0n) is 6.95. The van der Waals surface area contributed by atoms with Crippen molar-refractivity contribution in [2.45, 2.75) is 6.92 Å². The first kappa shape index (κ1) is 8.59. The Hall–Kier alpha value is -1.51. The topological polar surface area (TPSA) is 43.2 Å². The Morgan fingerprint density at radius 1 is 1.42 bits per heavy atom. The first-order valence-electron chi connectivity index (χ1n) is 3.86. The van der Waals surface area contributed by atoms with E-state index >= 15 is 0 Å². The molecule has 0 bridgehead atoms. The highest BCUT2D eigenvalue weighted by atomic mass is 16.2. The summed E-state index contributed by atoms with van der Waals surface area (Å²) in [6.07, 6.45) is 0. The van der Waals surface area contributed by atoms with E-state index in [1.165, 1.54) is 0 Å². The SMILES string of the molecule is CC[N]C(=O)Nc1ccccc1. The van der Waals surface area contributed by atoms with Gasteiger partial charge < -0.3 is 5.32 Å². The van der Waals surface area contributed by atoms with Crippen LogP contribution < -0.4 is 10.6 Å². The summed E-state index contributed by atoms with van der Waals surface area (Å²) in [4.78, 5) is 10.9. The van der Waals surface area contributed by atoms with Crippen molar-refractivity contribution in [3.05, 3.63) is 30.3 Å². The van der Waals surface area contributed by atoms with Gasteiger partial charge in [0, 0.05) is 12.2 Å². The number of nitrogens with zero attached hydrogens (tertiary/aromatic N) is 1. The minimum Gasteiger partial charge on any atom is -0.306 e. The van der Waals surface area contributed by atoms with Gasteiger partial charge in [-0.15, -0.1) is 0 Å². The van der Waals surface area contributed by atoms with Gasteiger partial charge in [-0.3, -0.25) is 0 Å². The Labute approximate surface area is 71.8 Å². The van der Waals surface area contributed by atoms with E-state index in [1.807, 2.05) is 37.3 Å². The van der Waals surface area contributed by atoms with E-state index in [9.17, 15) is 4.79 Å². The predicted octanol–water partition coefficient (Wildman–Crippen LogP) is 1.84. The van der Waals surface area contributed by atoms with Gasteiger partial charge in [0.1, 0.15) is 0 Å². The maximum Gasteiger partial charge on any atom is 0.340 e. The molecule has 1 aromatic rings. The van der Waals surface area contributed by atoms with Crippen LogP contribution in [0.25, 0.3) is 0 Å². The molecule has 0 aromatic heterocycles. The molecule has 0 spiro atoms. The molecule has 3 nitrogen and oxygen atoms in total. The number of nitrogens with one attached hydrogen (secondary N) is 1. The second-order valence-corrected chi connectivity index (χ2v) is 2.27. The van der Waals surface area contributed by atoms with Gasteiger partial charge in [-0.2, -0.15) is 0 Å². The number of para-hydroxylation sites is 1. The zero-order chi connectivity index (χ0) is 8.81. The van der Waals surface area contributed by atoms with Crippen LogP contribution in [0.5, 0.6) is 0 Å². The number of carbonyl (C=O) groups is 1. The largest absolute Gasteiger partial charge is 0.340 e. The van der Waals surface area contributed by atoms with Crippen LogP contribution in [0.4, 0.5) is 10.5 Å². The highest BCUT2D eigenvalue weighted by Crippen LogP contribution is 2.03. The van der Waals surface area contributed by atoms with Crippen LogP contribution in [0.3, 0.4) is 0 Å². The van der Waals surface area contributed by atoms with Crippen molar-refractivity contribution in [1.29, 1.82) is 0 Å².